The zero-order valence-electron chi connectivity index (χ0n) is 18.6. The average molecular weight is 449 g/mol. The van der Waals surface area contributed by atoms with E-state index in [0.29, 0.717) is 11.3 Å². The lowest BCUT2D eigenvalue weighted by atomic mass is 10.2. The van der Waals surface area contributed by atoms with Crippen LogP contribution in [0.25, 0.3) is 16.7 Å². The van der Waals surface area contributed by atoms with Crippen LogP contribution in [-0.4, -0.2) is 25.5 Å². The van der Waals surface area contributed by atoms with E-state index in [0.717, 1.165) is 22.4 Å². The largest absolute Gasteiger partial charge is 0.328 e. The molecule has 2 heterocycles. The summed E-state index contributed by atoms with van der Waals surface area (Å²) in [5.41, 5.74) is 8.74. The van der Waals surface area contributed by atoms with Gasteiger partial charge in [0.1, 0.15) is 5.82 Å². The number of carbonyl (C=O) groups is 2. The molecule has 9 heteroatoms. The first-order chi connectivity index (χ1) is 15.8. The fourth-order valence-electron chi connectivity index (χ4n) is 4.03. The van der Waals surface area contributed by atoms with E-state index in [1.165, 1.54) is 21.3 Å². The Morgan fingerprint density at radius 1 is 0.970 bits per heavy atom. The summed E-state index contributed by atoms with van der Waals surface area (Å²) in [6.07, 6.45) is 0.0167. The number of halogens is 1. The highest BCUT2D eigenvalue weighted by molar-refractivity contribution is 5.97. The van der Waals surface area contributed by atoms with Crippen LogP contribution in [-0.2, 0) is 18.4 Å². The third-order valence-electron chi connectivity index (χ3n) is 5.69. The lowest BCUT2D eigenvalue weighted by Gasteiger charge is -2.11. The van der Waals surface area contributed by atoms with Gasteiger partial charge in [-0.1, -0.05) is 12.1 Å². The van der Waals surface area contributed by atoms with Gasteiger partial charge in [-0.15, -0.1) is 0 Å². The Morgan fingerprint density at radius 2 is 1.64 bits per heavy atom. The van der Waals surface area contributed by atoms with E-state index in [-0.39, 0.29) is 24.5 Å². The predicted molar refractivity (Wildman–Crippen MR) is 123 cm³/mol. The van der Waals surface area contributed by atoms with Gasteiger partial charge in [0.05, 0.1) is 16.6 Å². The maximum absolute atomic E-state index is 13.3. The minimum absolute atomic E-state index is 0.0167. The van der Waals surface area contributed by atoms with Gasteiger partial charge in [-0.3, -0.25) is 29.6 Å². The minimum atomic E-state index is -0.466. The van der Waals surface area contributed by atoms with Crippen LogP contribution in [0.5, 0.6) is 0 Å². The number of aromatic nitrogens is 3. The zero-order chi connectivity index (χ0) is 23.7. The van der Waals surface area contributed by atoms with Crippen molar-refractivity contribution in [1.29, 1.82) is 0 Å². The summed E-state index contributed by atoms with van der Waals surface area (Å²) in [6, 6.07) is 15.0. The van der Waals surface area contributed by atoms with Crippen LogP contribution in [0.15, 0.2) is 59.4 Å². The fraction of sp³-hybridized carbons (Fsp3) is 0.208. The lowest BCUT2D eigenvalue weighted by molar-refractivity contribution is -0.122. The van der Waals surface area contributed by atoms with E-state index in [2.05, 4.69) is 10.9 Å². The molecule has 0 unspecified atom stereocenters. The Hall–Kier alpha value is -4.14. The predicted octanol–water partition coefficient (Wildman–Crippen LogP) is 2.74. The molecule has 0 spiro atoms. The molecule has 2 N–H and O–H groups in total. The molecular weight excluding hydrogens is 425 g/mol. The first-order valence-corrected chi connectivity index (χ1v) is 10.5. The summed E-state index contributed by atoms with van der Waals surface area (Å²) >= 11 is 0. The second kappa shape index (κ2) is 8.78. The number of amides is 2. The van der Waals surface area contributed by atoms with Crippen molar-refractivity contribution in [3.63, 3.8) is 0 Å². The molecule has 0 saturated heterocycles. The van der Waals surface area contributed by atoms with Crippen LogP contribution in [0.3, 0.4) is 0 Å². The van der Waals surface area contributed by atoms with Gasteiger partial charge in [0.25, 0.3) is 5.91 Å². The molecule has 4 rings (SSSR count). The quantitative estimate of drug-likeness (QED) is 0.459. The molecule has 0 aliphatic carbocycles. The number of para-hydroxylation sites is 2. The van der Waals surface area contributed by atoms with E-state index in [1.807, 2.05) is 35.8 Å². The molecule has 0 aliphatic heterocycles. The second-order valence-corrected chi connectivity index (χ2v) is 7.83. The third kappa shape index (κ3) is 4.17. The second-order valence-electron chi connectivity index (χ2n) is 7.83. The van der Waals surface area contributed by atoms with Gasteiger partial charge >= 0.3 is 5.69 Å². The van der Waals surface area contributed by atoms with Gasteiger partial charge in [0.15, 0.2) is 0 Å². The van der Waals surface area contributed by atoms with E-state index >= 15 is 0 Å². The highest BCUT2D eigenvalue weighted by atomic mass is 19.1. The number of hydrogen-bond acceptors (Lipinski definition) is 3. The minimum Gasteiger partial charge on any atom is -0.318 e. The number of benzene rings is 2. The lowest BCUT2D eigenvalue weighted by Crippen LogP contribution is -2.42. The number of nitrogens with one attached hydrogen (secondary N) is 2. The number of nitrogens with zero attached hydrogens (tertiary/aromatic N) is 3. The van der Waals surface area contributed by atoms with E-state index in [4.69, 9.17) is 0 Å². The molecule has 4 aromatic rings. The topological polar surface area (TPSA) is 90.1 Å². The Labute approximate surface area is 189 Å². The molecule has 0 atom stereocenters. The van der Waals surface area contributed by atoms with Crippen LogP contribution < -0.4 is 16.5 Å². The van der Waals surface area contributed by atoms with E-state index in [1.54, 1.807) is 32.2 Å². The van der Waals surface area contributed by atoms with Crippen molar-refractivity contribution in [3.05, 3.63) is 87.9 Å². The van der Waals surface area contributed by atoms with Crippen molar-refractivity contribution < 1.29 is 14.0 Å². The summed E-state index contributed by atoms with van der Waals surface area (Å²) < 4.78 is 18.2. The van der Waals surface area contributed by atoms with Gasteiger partial charge < -0.3 is 4.57 Å². The third-order valence-corrected chi connectivity index (χ3v) is 5.69. The number of hydrazine groups is 1. The molecular formula is C24H24FN5O3. The normalized spacial score (nSPS) is 11.0. The van der Waals surface area contributed by atoms with Crippen molar-refractivity contribution >= 4 is 22.8 Å². The Kier molecular flexibility index (Phi) is 5.87. The molecule has 0 radical (unpaired) electrons. The molecule has 170 valence electrons. The van der Waals surface area contributed by atoms with E-state index < -0.39 is 11.8 Å². The molecule has 0 saturated carbocycles. The molecule has 0 fully saturated rings. The van der Waals surface area contributed by atoms with Crippen LogP contribution in [0.2, 0.25) is 0 Å². The molecule has 33 heavy (non-hydrogen) atoms. The first kappa shape index (κ1) is 22.1. The summed E-state index contributed by atoms with van der Waals surface area (Å²) in [6.45, 7) is 3.80. The molecule has 2 aromatic heterocycles. The maximum Gasteiger partial charge on any atom is 0.328 e. The van der Waals surface area contributed by atoms with Crippen LogP contribution >= 0.6 is 0 Å². The number of fused-ring (bicyclic) bond motifs is 1. The summed E-state index contributed by atoms with van der Waals surface area (Å²) in [4.78, 5) is 37.5. The molecule has 2 amide bonds. The van der Waals surface area contributed by atoms with Crippen molar-refractivity contribution in [2.75, 3.05) is 0 Å². The number of hydrogen-bond donors (Lipinski definition) is 2. The van der Waals surface area contributed by atoms with Crippen molar-refractivity contribution in [2.24, 2.45) is 7.05 Å². The monoisotopic (exact) mass is 449 g/mol. The van der Waals surface area contributed by atoms with Crippen LogP contribution in [0, 0.1) is 19.7 Å². The zero-order valence-corrected chi connectivity index (χ0v) is 18.6. The highest BCUT2D eigenvalue weighted by Crippen LogP contribution is 2.21. The fourth-order valence-corrected chi connectivity index (χ4v) is 4.03. The smallest absolute Gasteiger partial charge is 0.318 e. The Bertz CT molecular complexity index is 1410. The Balaban J connectivity index is 1.41. The number of aryl methyl sites for hydroxylation is 3. The van der Waals surface area contributed by atoms with Gasteiger partial charge in [-0.2, -0.15) is 0 Å². The van der Waals surface area contributed by atoms with E-state index in [9.17, 15) is 18.8 Å². The molecule has 2 aromatic carbocycles. The highest BCUT2D eigenvalue weighted by Gasteiger charge is 2.18. The summed E-state index contributed by atoms with van der Waals surface area (Å²) in [7, 11) is 1.68. The SMILES string of the molecule is Cc1cc(C(=O)NNC(=O)CCn2c(=O)n(C)c3ccccc32)c(C)n1-c1ccc(F)cc1. The van der Waals surface area contributed by atoms with Crippen molar-refractivity contribution in [3.8, 4) is 5.69 Å². The van der Waals surface area contributed by atoms with Crippen LogP contribution in [0.1, 0.15) is 28.2 Å². The number of imidazole rings is 1. The number of carbonyl (C=O) groups excluding carboxylic acids is 2. The molecule has 0 aliphatic rings. The van der Waals surface area contributed by atoms with Gasteiger partial charge in [0.2, 0.25) is 5.91 Å². The number of rotatable bonds is 5. The average Bonchev–Trinajstić information content (AvgIpc) is 3.24. The molecule has 8 nitrogen and oxygen atoms in total. The standard InChI is InChI=1S/C24H24FN5O3/c1-15-14-19(16(2)30(15)18-10-8-17(25)9-11-18)23(32)27-26-22(31)12-13-29-21-7-5-4-6-20(21)28(3)24(29)33/h4-11,14H,12-13H2,1-3H3,(H,26,31)(H,27,32). The Morgan fingerprint density at radius 3 is 2.33 bits per heavy atom. The van der Waals surface area contributed by atoms with Gasteiger partial charge in [-0.05, 0) is 56.3 Å². The van der Waals surface area contributed by atoms with Crippen LogP contribution in [0.4, 0.5) is 4.39 Å². The van der Waals surface area contributed by atoms with Gasteiger partial charge in [-0.25, -0.2) is 9.18 Å². The van der Waals surface area contributed by atoms with Gasteiger partial charge in [0, 0.05) is 37.1 Å². The molecule has 0 bridgehead atoms. The summed E-state index contributed by atoms with van der Waals surface area (Å²) in [5.74, 6) is -1.23. The maximum atomic E-state index is 13.3. The summed E-state index contributed by atoms with van der Waals surface area (Å²) in [5, 5.41) is 0. The van der Waals surface area contributed by atoms with Crippen molar-refractivity contribution in [2.45, 2.75) is 26.8 Å². The van der Waals surface area contributed by atoms with Crippen molar-refractivity contribution in [1.82, 2.24) is 24.6 Å². The first-order valence-electron chi connectivity index (χ1n) is 10.5.